The molecule has 5 heteroatoms. The Hall–Kier alpha value is -1.10. The zero-order valence-electron chi connectivity index (χ0n) is 7.70. The zero-order chi connectivity index (χ0) is 10.0. The molecule has 0 unspecified atom stereocenters. The van der Waals surface area contributed by atoms with Crippen molar-refractivity contribution in [2.45, 2.75) is 19.8 Å². The Balaban J connectivity index is 3.11. The average molecular weight is 201 g/mol. The maximum atomic E-state index is 10.7. The monoisotopic (exact) mass is 201 g/mol. The molecule has 1 rings (SSSR count). The Morgan fingerprint density at radius 2 is 2.23 bits per heavy atom. The summed E-state index contributed by atoms with van der Waals surface area (Å²) in [6.07, 6.45) is 0. The third kappa shape index (κ3) is 1.98. The number of rotatable bonds is 3. The lowest BCUT2D eigenvalue weighted by molar-refractivity contribution is 0.0687. The SMILES string of the molecule is COc1sc(C(C)C)nc1C(=O)O. The molecule has 0 atom stereocenters. The van der Waals surface area contributed by atoms with Crippen LogP contribution in [0.1, 0.15) is 35.3 Å². The molecule has 0 aliphatic heterocycles. The molecule has 0 aliphatic rings. The summed E-state index contributed by atoms with van der Waals surface area (Å²) in [6, 6.07) is 0. The quantitative estimate of drug-likeness (QED) is 0.812. The van der Waals surface area contributed by atoms with Gasteiger partial charge in [-0.05, 0) is 0 Å². The molecule has 0 amide bonds. The number of ether oxygens (including phenoxy) is 1. The van der Waals surface area contributed by atoms with Crippen molar-refractivity contribution in [2.24, 2.45) is 0 Å². The number of methoxy groups -OCH3 is 1. The van der Waals surface area contributed by atoms with Gasteiger partial charge in [0, 0.05) is 5.92 Å². The van der Waals surface area contributed by atoms with Gasteiger partial charge in [-0.25, -0.2) is 9.78 Å². The van der Waals surface area contributed by atoms with Crippen LogP contribution in [0.25, 0.3) is 0 Å². The third-order valence-corrected chi connectivity index (χ3v) is 2.81. The van der Waals surface area contributed by atoms with E-state index in [1.54, 1.807) is 0 Å². The Morgan fingerprint density at radius 1 is 1.62 bits per heavy atom. The van der Waals surface area contributed by atoms with E-state index < -0.39 is 5.97 Å². The van der Waals surface area contributed by atoms with Crippen molar-refractivity contribution in [3.8, 4) is 5.06 Å². The first-order valence-electron chi connectivity index (χ1n) is 3.84. The summed E-state index contributed by atoms with van der Waals surface area (Å²) in [5.41, 5.74) is 0.0104. The van der Waals surface area contributed by atoms with Gasteiger partial charge in [0.15, 0.2) is 0 Å². The molecule has 4 nitrogen and oxygen atoms in total. The van der Waals surface area contributed by atoms with Gasteiger partial charge in [-0.3, -0.25) is 0 Å². The fraction of sp³-hybridized carbons (Fsp3) is 0.500. The van der Waals surface area contributed by atoms with Crippen LogP contribution >= 0.6 is 11.3 Å². The van der Waals surface area contributed by atoms with E-state index in [1.807, 2.05) is 13.8 Å². The van der Waals surface area contributed by atoms with Crippen molar-refractivity contribution in [3.05, 3.63) is 10.7 Å². The van der Waals surface area contributed by atoms with E-state index in [9.17, 15) is 4.79 Å². The fourth-order valence-corrected chi connectivity index (χ4v) is 1.72. The maximum absolute atomic E-state index is 10.7. The highest BCUT2D eigenvalue weighted by Crippen LogP contribution is 2.31. The number of aromatic carboxylic acids is 1. The predicted octanol–water partition coefficient (Wildman–Crippen LogP) is 1.97. The summed E-state index contributed by atoms with van der Waals surface area (Å²) in [7, 11) is 1.45. The number of hydrogen-bond donors (Lipinski definition) is 1. The topological polar surface area (TPSA) is 59.4 Å². The predicted molar refractivity (Wildman–Crippen MR) is 49.7 cm³/mol. The fourth-order valence-electron chi connectivity index (χ4n) is 0.842. The van der Waals surface area contributed by atoms with Crippen LogP contribution in [-0.2, 0) is 0 Å². The van der Waals surface area contributed by atoms with Crippen LogP contribution in [0.4, 0.5) is 0 Å². The molecule has 1 heterocycles. The van der Waals surface area contributed by atoms with Crippen LogP contribution in [0, 0.1) is 0 Å². The second kappa shape index (κ2) is 3.74. The average Bonchev–Trinajstić information content (AvgIpc) is 2.47. The van der Waals surface area contributed by atoms with Crippen molar-refractivity contribution in [3.63, 3.8) is 0 Å². The molecule has 0 bridgehead atoms. The lowest BCUT2D eigenvalue weighted by atomic mass is 10.2. The third-order valence-electron chi connectivity index (χ3n) is 1.49. The summed E-state index contributed by atoms with van der Waals surface area (Å²) in [5, 5.41) is 9.91. The molecule has 0 aromatic carbocycles. The van der Waals surface area contributed by atoms with Crippen molar-refractivity contribution in [1.82, 2.24) is 4.98 Å². The van der Waals surface area contributed by atoms with Gasteiger partial charge in [-0.15, -0.1) is 0 Å². The van der Waals surface area contributed by atoms with E-state index in [0.29, 0.717) is 5.06 Å². The molecule has 0 fully saturated rings. The summed E-state index contributed by atoms with van der Waals surface area (Å²) >= 11 is 1.28. The number of nitrogens with zero attached hydrogens (tertiary/aromatic N) is 1. The highest BCUT2D eigenvalue weighted by molar-refractivity contribution is 7.13. The number of thiazole rings is 1. The first-order valence-corrected chi connectivity index (χ1v) is 4.66. The molecular weight excluding hydrogens is 190 g/mol. The first-order chi connectivity index (χ1) is 6.06. The number of carbonyl (C=O) groups is 1. The molecule has 0 saturated heterocycles. The van der Waals surface area contributed by atoms with Crippen molar-refractivity contribution in [1.29, 1.82) is 0 Å². The lowest BCUT2D eigenvalue weighted by Gasteiger charge is -1.94. The van der Waals surface area contributed by atoms with Crippen LogP contribution in [-0.4, -0.2) is 23.2 Å². The van der Waals surface area contributed by atoms with E-state index >= 15 is 0 Å². The van der Waals surface area contributed by atoms with Crippen molar-refractivity contribution >= 4 is 17.3 Å². The highest BCUT2D eigenvalue weighted by atomic mass is 32.1. The molecule has 1 aromatic rings. The first kappa shape index (κ1) is 9.98. The Labute approximate surface area is 80.2 Å². The number of hydrogen-bond acceptors (Lipinski definition) is 4. The van der Waals surface area contributed by atoms with Crippen LogP contribution in [0.5, 0.6) is 5.06 Å². The normalized spacial score (nSPS) is 10.5. The number of aromatic nitrogens is 1. The molecule has 0 saturated carbocycles. The van der Waals surface area contributed by atoms with Crippen molar-refractivity contribution in [2.75, 3.05) is 7.11 Å². The molecule has 1 N–H and O–H groups in total. The van der Waals surface area contributed by atoms with E-state index in [1.165, 1.54) is 18.4 Å². The van der Waals surface area contributed by atoms with Gasteiger partial charge in [-0.1, -0.05) is 25.2 Å². The van der Waals surface area contributed by atoms with E-state index in [0.717, 1.165) is 5.01 Å². The standard InChI is InChI=1S/C8H11NO3S/c1-4(2)6-9-5(7(10)11)8(12-3)13-6/h4H,1-3H3,(H,10,11). The van der Waals surface area contributed by atoms with Crippen LogP contribution < -0.4 is 4.74 Å². The minimum Gasteiger partial charge on any atom is -0.485 e. The largest absolute Gasteiger partial charge is 0.485 e. The lowest BCUT2D eigenvalue weighted by Crippen LogP contribution is -1.99. The van der Waals surface area contributed by atoms with Gasteiger partial charge in [0.2, 0.25) is 10.8 Å². The van der Waals surface area contributed by atoms with E-state index in [-0.39, 0.29) is 11.6 Å². The van der Waals surface area contributed by atoms with E-state index in [2.05, 4.69) is 4.98 Å². The Bertz CT molecular complexity index is 319. The van der Waals surface area contributed by atoms with Crippen LogP contribution in [0.2, 0.25) is 0 Å². The van der Waals surface area contributed by atoms with Gasteiger partial charge in [0.05, 0.1) is 12.1 Å². The summed E-state index contributed by atoms with van der Waals surface area (Å²) in [5.74, 6) is -0.813. The second-order valence-electron chi connectivity index (χ2n) is 2.85. The molecule has 0 aliphatic carbocycles. The van der Waals surface area contributed by atoms with E-state index in [4.69, 9.17) is 9.84 Å². The highest BCUT2D eigenvalue weighted by Gasteiger charge is 2.19. The Kier molecular flexibility index (Phi) is 2.87. The van der Waals surface area contributed by atoms with Gasteiger partial charge in [-0.2, -0.15) is 0 Å². The molecule has 13 heavy (non-hydrogen) atoms. The zero-order valence-corrected chi connectivity index (χ0v) is 8.51. The molecule has 0 spiro atoms. The minimum atomic E-state index is -1.04. The molecule has 72 valence electrons. The molecule has 1 aromatic heterocycles. The second-order valence-corrected chi connectivity index (χ2v) is 3.85. The summed E-state index contributed by atoms with van der Waals surface area (Å²) in [4.78, 5) is 14.7. The van der Waals surface area contributed by atoms with Crippen molar-refractivity contribution < 1.29 is 14.6 Å². The van der Waals surface area contributed by atoms with Crippen LogP contribution in [0.15, 0.2) is 0 Å². The summed E-state index contributed by atoms with van der Waals surface area (Å²) in [6.45, 7) is 3.92. The summed E-state index contributed by atoms with van der Waals surface area (Å²) < 4.78 is 4.91. The van der Waals surface area contributed by atoms with Gasteiger partial charge in [0.1, 0.15) is 0 Å². The smallest absolute Gasteiger partial charge is 0.359 e. The van der Waals surface area contributed by atoms with Gasteiger partial charge >= 0.3 is 5.97 Å². The number of carboxylic acids is 1. The molecular formula is C8H11NO3S. The Morgan fingerprint density at radius 3 is 2.54 bits per heavy atom. The maximum Gasteiger partial charge on any atom is 0.359 e. The van der Waals surface area contributed by atoms with Gasteiger partial charge in [0.25, 0.3) is 0 Å². The minimum absolute atomic E-state index is 0.0104. The molecule has 0 radical (unpaired) electrons. The van der Waals surface area contributed by atoms with Gasteiger partial charge < -0.3 is 9.84 Å². The van der Waals surface area contributed by atoms with Crippen LogP contribution in [0.3, 0.4) is 0 Å². The number of carboxylic acid groups (broad SMARTS) is 1.